The Balaban J connectivity index is 1.35. The molecule has 0 unspecified atom stereocenters. The van der Waals surface area contributed by atoms with Gasteiger partial charge in [0.15, 0.2) is 11.5 Å². The normalized spacial score (nSPS) is 12.7. The summed E-state index contributed by atoms with van der Waals surface area (Å²) in [6.45, 7) is 2.88. The van der Waals surface area contributed by atoms with E-state index in [9.17, 15) is 22.4 Å². The molecule has 0 aliphatic carbocycles. The number of amides is 2. The van der Waals surface area contributed by atoms with Crippen molar-refractivity contribution in [2.75, 3.05) is 30.5 Å². The molecule has 3 aromatic carbocycles. The summed E-state index contributed by atoms with van der Waals surface area (Å²) in [6, 6.07) is 8.89. The molecule has 13 heteroatoms. The fourth-order valence-corrected chi connectivity index (χ4v) is 4.24. The zero-order valence-corrected chi connectivity index (χ0v) is 21.5. The highest BCUT2D eigenvalue weighted by Crippen LogP contribution is 2.48. The molecule has 8 nitrogen and oxygen atoms in total. The number of urea groups is 1. The van der Waals surface area contributed by atoms with E-state index in [1.807, 2.05) is 6.92 Å². The zero-order valence-electron chi connectivity index (χ0n) is 20.7. The number of aromatic nitrogens is 1. The number of halogens is 5. The molecular formula is C27H20ClF4N3O5. The Kier molecular flexibility index (Phi) is 7.44. The van der Waals surface area contributed by atoms with Gasteiger partial charge in [-0.15, -0.1) is 0 Å². The first kappa shape index (κ1) is 27.1. The lowest BCUT2D eigenvalue weighted by molar-refractivity contribution is -0.137. The number of fused-ring (bicyclic) bond motifs is 3. The largest absolute Gasteiger partial charge is 0.490 e. The Morgan fingerprint density at radius 3 is 2.52 bits per heavy atom. The molecule has 40 heavy (non-hydrogen) atoms. The number of anilines is 2. The Morgan fingerprint density at radius 2 is 1.80 bits per heavy atom. The first-order valence-electron chi connectivity index (χ1n) is 11.9. The van der Waals surface area contributed by atoms with Crippen LogP contribution in [0.5, 0.6) is 28.7 Å². The third-order valence-electron chi connectivity index (χ3n) is 5.69. The van der Waals surface area contributed by atoms with Gasteiger partial charge in [-0.05, 0) is 43.3 Å². The molecule has 0 saturated heterocycles. The standard InChI is InChI=1S/C27H20ClF4N3O5/c1-2-37-22-13-20-23(25-24(22)38-9-10-39-25)21(7-8-33-20)40-15-4-6-19(18(29)12-15)35-26(36)34-14-3-5-17(28)16(11-14)27(30,31)32/h3-8,11-13H,2,9-10H2,1H3,(H2,34,35,36). The second-order valence-electron chi connectivity index (χ2n) is 8.38. The molecule has 2 amide bonds. The van der Waals surface area contributed by atoms with Gasteiger partial charge in [0.25, 0.3) is 0 Å². The van der Waals surface area contributed by atoms with Crippen LogP contribution >= 0.6 is 11.6 Å². The number of pyridine rings is 1. The number of benzene rings is 3. The molecule has 1 aliphatic rings. The van der Waals surface area contributed by atoms with Crippen LogP contribution in [0.3, 0.4) is 0 Å². The van der Waals surface area contributed by atoms with Gasteiger partial charge in [0.2, 0.25) is 5.75 Å². The molecule has 0 atom stereocenters. The van der Waals surface area contributed by atoms with E-state index in [0.717, 1.165) is 12.1 Å². The fraction of sp³-hybridized carbons (Fsp3) is 0.185. The average molecular weight is 578 g/mol. The Bertz CT molecular complexity index is 1600. The smallest absolute Gasteiger partial charge is 0.417 e. The van der Waals surface area contributed by atoms with E-state index in [4.69, 9.17) is 30.5 Å². The lowest BCUT2D eigenvalue weighted by atomic mass is 10.1. The Labute approximate surface area is 229 Å². The van der Waals surface area contributed by atoms with Crippen molar-refractivity contribution >= 4 is 39.9 Å². The minimum atomic E-state index is -4.71. The van der Waals surface area contributed by atoms with Crippen LogP contribution in [0.15, 0.2) is 54.7 Å². The van der Waals surface area contributed by atoms with Crippen LogP contribution in [0.4, 0.5) is 33.7 Å². The molecule has 0 fully saturated rings. The van der Waals surface area contributed by atoms with Crippen LogP contribution in [-0.2, 0) is 6.18 Å². The first-order valence-corrected chi connectivity index (χ1v) is 12.3. The zero-order chi connectivity index (χ0) is 28.4. The average Bonchev–Trinajstić information content (AvgIpc) is 2.91. The molecule has 208 valence electrons. The van der Waals surface area contributed by atoms with Crippen molar-refractivity contribution in [2.45, 2.75) is 13.1 Å². The van der Waals surface area contributed by atoms with E-state index >= 15 is 0 Å². The number of carbonyl (C=O) groups is 1. The van der Waals surface area contributed by atoms with Gasteiger partial charge in [-0.25, -0.2) is 9.18 Å². The van der Waals surface area contributed by atoms with Gasteiger partial charge in [-0.2, -0.15) is 13.2 Å². The number of carbonyl (C=O) groups excluding carboxylic acids is 1. The van der Waals surface area contributed by atoms with E-state index in [1.54, 1.807) is 12.1 Å². The molecular weight excluding hydrogens is 558 g/mol. The molecule has 4 aromatic rings. The number of rotatable bonds is 6. The predicted molar refractivity (Wildman–Crippen MR) is 139 cm³/mol. The second kappa shape index (κ2) is 11.0. The van der Waals surface area contributed by atoms with Crippen molar-refractivity contribution in [1.29, 1.82) is 0 Å². The molecule has 1 aromatic heterocycles. The van der Waals surface area contributed by atoms with E-state index in [1.165, 1.54) is 24.4 Å². The maximum absolute atomic E-state index is 14.9. The quantitative estimate of drug-likeness (QED) is 0.229. The maximum atomic E-state index is 14.9. The van der Waals surface area contributed by atoms with Gasteiger partial charge in [0.05, 0.1) is 33.8 Å². The molecule has 2 heterocycles. The van der Waals surface area contributed by atoms with Crippen molar-refractivity contribution in [1.82, 2.24) is 4.98 Å². The summed E-state index contributed by atoms with van der Waals surface area (Å²) in [6.07, 6.45) is -3.20. The number of hydrogen-bond acceptors (Lipinski definition) is 6. The van der Waals surface area contributed by atoms with Crippen molar-refractivity contribution < 1.29 is 41.3 Å². The van der Waals surface area contributed by atoms with Crippen LogP contribution in [0.2, 0.25) is 5.02 Å². The van der Waals surface area contributed by atoms with Gasteiger partial charge >= 0.3 is 12.2 Å². The lowest BCUT2D eigenvalue weighted by Gasteiger charge is -2.23. The number of ether oxygens (including phenoxy) is 4. The van der Waals surface area contributed by atoms with Crippen molar-refractivity contribution in [3.63, 3.8) is 0 Å². The van der Waals surface area contributed by atoms with E-state index < -0.39 is 28.6 Å². The monoisotopic (exact) mass is 577 g/mol. The highest BCUT2D eigenvalue weighted by molar-refractivity contribution is 6.31. The molecule has 0 spiro atoms. The molecule has 2 N–H and O–H groups in total. The van der Waals surface area contributed by atoms with Gasteiger partial charge in [-0.1, -0.05) is 11.6 Å². The van der Waals surface area contributed by atoms with Crippen LogP contribution in [0.1, 0.15) is 12.5 Å². The first-order chi connectivity index (χ1) is 19.1. The minimum Gasteiger partial charge on any atom is -0.490 e. The summed E-state index contributed by atoms with van der Waals surface area (Å²) in [5, 5.41) is 4.47. The predicted octanol–water partition coefficient (Wildman–Crippen LogP) is 7.65. The third-order valence-corrected chi connectivity index (χ3v) is 6.02. The van der Waals surface area contributed by atoms with E-state index in [2.05, 4.69) is 15.6 Å². The highest BCUT2D eigenvalue weighted by atomic mass is 35.5. The van der Waals surface area contributed by atoms with E-state index in [0.29, 0.717) is 59.8 Å². The highest BCUT2D eigenvalue weighted by Gasteiger charge is 2.33. The van der Waals surface area contributed by atoms with Gasteiger partial charge < -0.3 is 29.6 Å². The van der Waals surface area contributed by atoms with Crippen LogP contribution in [0.25, 0.3) is 10.9 Å². The van der Waals surface area contributed by atoms with Crippen molar-refractivity contribution in [2.24, 2.45) is 0 Å². The summed E-state index contributed by atoms with van der Waals surface area (Å²) in [7, 11) is 0. The summed E-state index contributed by atoms with van der Waals surface area (Å²) in [5.74, 6) is 0.846. The summed E-state index contributed by atoms with van der Waals surface area (Å²) >= 11 is 5.60. The number of nitrogens with zero attached hydrogens (tertiary/aromatic N) is 1. The fourth-order valence-electron chi connectivity index (χ4n) is 4.01. The van der Waals surface area contributed by atoms with Gasteiger partial charge in [-0.3, -0.25) is 4.98 Å². The number of alkyl halides is 3. The van der Waals surface area contributed by atoms with Gasteiger partial charge in [0, 0.05) is 24.0 Å². The van der Waals surface area contributed by atoms with E-state index in [-0.39, 0.29) is 17.1 Å². The maximum Gasteiger partial charge on any atom is 0.417 e. The minimum absolute atomic E-state index is 0.0999. The van der Waals surface area contributed by atoms with Gasteiger partial charge in [0.1, 0.15) is 30.5 Å². The molecule has 5 rings (SSSR count). The number of hydrogen-bond donors (Lipinski definition) is 2. The molecule has 0 radical (unpaired) electrons. The summed E-state index contributed by atoms with van der Waals surface area (Å²) in [4.78, 5) is 16.7. The molecule has 0 saturated carbocycles. The lowest BCUT2D eigenvalue weighted by Crippen LogP contribution is -2.20. The van der Waals surface area contributed by atoms with Crippen molar-refractivity contribution in [3.05, 3.63) is 71.1 Å². The number of nitrogens with one attached hydrogen (secondary N) is 2. The van der Waals surface area contributed by atoms with Crippen LogP contribution in [-0.4, -0.2) is 30.8 Å². The third kappa shape index (κ3) is 5.62. The van der Waals surface area contributed by atoms with Crippen molar-refractivity contribution in [3.8, 4) is 28.7 Å². The second-order valence-corrected chi connectivity index (χ2v) is 8.79. The van der Waals surface area contributed by atoms with Crippen LogP contribution < -0.4 is 29.6 Å². The molecule has 1 aliphatic heterocycles. The summed E-state index contributed by atoms with van der Waals surface area (Å²) in [5.41, 5.74) is -1.02. The SMILES string of the molecule is CCOc1cc2nccc(Oc3ccc(NC(=O)Nc4ccc(Cl)c(C(F)(F)F)c4)c(F)c3)c2c2c1OCCO2. The topological polar surface area (TPSA) is 90.9 Å². The Hall–Kier alpha value is -4.45. The van der Waals surface area contributed by atoms with Crippen LogP contribution in [0, 0.1) is 5.82 Å². The summed E-state index contributed by atoms with van der Waals surface area (Å²) < 4.78 is 77.4. The Morgan fingerprint density at radius 1 is 1.02 bits per heavy atom. The molecule has 0 bridgehead atoms.